The van der Waals surface area contributed by atoms with E-state index in [1.807, 2.05) is 12.1 Å². The molecule has 37 heavy (non-hydrogen) atoms. The third-order valence-corrected chi connectivity index (χ3v) is 9.40. The van der Waals surface area contributed by atoms with Gasteiger partial charge in [0.05, 0.1) is 18.6 Å². The van der Waals surface area contributed by atoms with Crippen LogP contribution in [-0.2, 0) is 14.8 Å². The summed E-state index contributed by atoms with van der Waals surface area (Å²) >= 11 is 2.10. The van der Waals surface area contributed by atoms with Gasteiger partial charge in [-0.25, -0.2) is 0 Å². The molecule has 10 heteroatoms. The number of rotatable bonds is 15. The molecule has 1 aliphatic heterocycles. The van der Waals surface area contributed by atoms with Crippen molar-refractivity contribution in [1.29, 1.82) is 0 Å². The van der Waals surface area contributed by atoms with E-state index in [9.17, 15) is 13.2 Å². The average molecular weight is 563 g/mol. The van der Waals surface area contributed by atoms with Crippen molar-refractivity contribution >= 4 is 50.3 Å². The van der Waals surface area contributed by atoms with E-state index < -0.39 is 10.0 Å². The Hall–Kier alpha value is -2.56. The topological polar surface area (TPSA) is 85.3 Å². The first-order chi connectivity index (χ1) is 17.9. The van der Waals surface area contributed by atoms with E-state index in [2.05, 4.69) is 17.9 Å². The number of hydrogen-bond donors (Lipinski definition) is 0. The van der Waals surface area contributed by atoms with Gasteiger partial charge in [0.15, 0.2) is 16.7 Å². The van der Waals surface area contributed by atoms with E-state index in [1.165, 1.54) is 49.1 Å². The number of unbranched alkanes of at least 4 members (excludes halogenated alkanes) is 6. The molecule has 1 aromatic heterocycles. The van der Waals surface area contributed by atoms with Crippen LogP contribution < -0.4 is 9.47 Å². The summed E-state index contributed by atoms with van der Waals surface area (Å²) in [5, 5.41) is 1.77. The summed E-state index contributed by atoms with van der Waals surface area (Å²) < 4.78 is 40.9. The Labute approximate surface area is 228 Å². The summed E-state index contributed by atoms with van der Waals surface area (Å²) in [5.41, 5.74) is 0.733. The van der Waals surface area contributed by atoms with Crippen molar-refractivity contribution in [2.45, 2.75) is 56.1 Å². The molecule has 0 unspecified atom stereocenters. The van der Waals surface area contributed by atoms with E-state index in [4.69, 9.17) is 9.47 Å². The standard InChI is InChI=1S/C27H34N2O5S3/c1-4-6-7-8-9-10-11-17-34-22-15-14-21(19-23(22)33-3)20-24-26(30)29(16-5-2)27(36-24)28-37(31,32)25-13-12-18-35-25/h5,12-15,18-20H,2,4,6-11,16-17H2,1,3H3. The maximum Gasteiger partial charge on any atom is 0.294 e. The normalized spacial score (nSPS) is 16.1. The fraction of sp³-hybridized carbons (Fsp3) is 0.407. The van der Waals surface area contributed by atoms with Gasteiger partial charge in [-0.1, -0.05) is 63.7 Å². The number of ether oxygens (including phenoxy) is 2. The van der Waals surface area contributed by atoms with Crippen LogP contribution in [-0.4, -0.2) is 44.7 Å². The van der Waals surface area contributed by atoms with Gasteiger partial charge in [0.2, 0.25) is 0 Å². The molecule has 0 bridgehead atoms. The first-order valence-electron chi connectivity index (χ1n) is 12.4. The number of carbonyl (C=O) groups is 1. The molecule has 0 spiro atoms. The minimum atomic E-state index is -3.91. The molecule has 3 rings (SSSR count). The molecule has 200 valence electrons. The minimum Gasteiger partial charge on any atom is -0.493 e. The molecule has 2 heterocycles. The van der Waals surface area contributed by atoms with E-state index in [-0.39, 0.29) is 21.8 Å². The van der Waals surface area contributed by atoms with Crippen LogP contribution in [0.4, 0.5) is 0 Å². The van der Waals surface area contributed by atoms with Crippen molar-refractivity contribution in [2.24, 2.45) is 4.40 Å². The van der Waals surface area contributed by atoms with Gasteiger partial charge in [-0.15, -0.1) is 22.3 Å². The molecule has 0 atom stereocenters. The molecule has 2 aromatic rings. The van der Waals surface area contributed by atoms with Crippen LogP contribution in [0.5, 0.6) is 11.5 Å². The van der Waals surface area contributed by atoms with Gasteiger partial charge < -0.3 is 9.47 Å². The van der Waals surface area contributed by atoms with Crippen molar-refractivity contribution in [3.05, 3.63) is 58.8 Å². The van der Waals surface area contributed by atoms with Gasteiger partial charge >= 0.3 is 0 Å². The van der Waals surface area contributed by atoms with Crippen LogP contribution >= 0.6 is 23.1 Å². The van der Waals surface area contributed by atoms with Gasteiger partial charge in [-0.05, 0) is 53.4 Å². The number of nitrogens with zero attached hydrogens (tertiary/aromatic N) is 2. The van der Waals surface area contributed by atoms with E-state index in [0.29, 0.717) is 23.0 Å². The van der Waals surface area contributed by atoms with Crippen LogP contribution in [0.3, 0.4) is 0 Å². The Morgan fingerprint density at radius 1 is 1.08 bits per heavy atom. The highest BCUT2D eigenvalue weighted by molar-refractivity contribution is 8.19. The van der Waals surface area contributed by atoms with Gasteiger partial charge in [0.25, 0.3) is 15.9 Å². The van der Waals surface area contributed by atoms with Crippen molar-refractivity contribution in [1.82, 2.24) is 4.90 Å². The largest absolute Gasteiger partial charge is 0.493 e. The molecule has 0 saturated carbocycles. The molecule has 1 amide bonds. The number of thioether (sulfide) groups is 1. The minimum absolute atomic E-state index is 0.103. The van der Waals surface area contributed by atoms with Crippen molar-refractivity contribution in [2.75, 3.05) is 20.3 Å². The van der Waals surface area contributed by atoms with Crippen molar-refractivity contribution in [3.8, 4) is 11.5 Å². The SMILES string of the molecule is C=CCN1C(=O)C(=Cc2ccc(OCCCCCCCCC)c(OC)c2)SC1=NS(=O)(=O)c1cccs1. The number of carbonyl (C=O) groups excluding carboxylic acids is 1. The highest BCUT2D eigenvalue weighted by atomic mass is 32.2. The van der Waals surface area contributed by atoms with Crippen LogP contribution in [0, 0.1) is 0 Å². The van der Waals surface area contributed by atoms with Crippen molar-refractivity contribution in [3.63, 3.8) is 0 Å². The van der Waals surface area contributed by atoms with Crippen LogP contribution in [0.15, 0.2) is 61.9 Å². The number of amidine groups is 1. The maximum absolute atomic E-state index is 13.0. The van der Waals surface area contributed by atoms with Crippen LogP contribution in [0.1, 0.15) is 57.4 Å². The lowest BCUT2D eigenvalue weighted by molar-refractivity contribution is -0.121. The van der Waals surface area contributed by atoms with Gasteiger partial charge in [0, 0.05) is 6.54 Å². The zero-order valence-corrected chi connectivity index (χ0v) is 23.8. The molecule has 1 aromatic carbocycles. The molecule has 1 fully saturated rings. The summed E-state index contributed by atoms with van der Waals surface area (Å²) in [7, 11) is -2.34. The molecule has 0 aliphatic carbocycles. The smallest absolute Gasteiger partial charge is 0.294 e. The average Bonchev–Trinajstić information content (AvgIpc) is 3.52. The Morgan fingerprint density at radius 2 is 1.84 bits per heavy atom. The first kappa shape index (κ1) is 29.0. The Kier molecular flexibility index (Phi) is 11.3. The zero-order valence-electron chi connectivity index (χ0n) is 21.4. The molecular formula is C27H34N2O5S3. The predicted molar refractivity (Wildman–Crippen MR) is 153 cm³/mol. The molecule has 0 radical (unpaired) electrons. The molecule has 1 aliphatic rings. The fourth-order valence-corrected chi connectivity index (χ4v) is 6.87. The van der Waals surface area contributed by atoms with Crippen LogP contribution in [0.2, 0.25) is 0 Å². The van der Waals surface area contributed by atoms with Crippen molar-refractivity contribution < 1.29 is 22.7 Å². The summed E-state index contributed by atoms with van der Waals surface area (Å²) in [4.78, 5) is 14.7. The Bertz CT molecular complexity index is 1220. The Morgan fingerprint density at radius 3 is 2.51 bits per heavy atom. The van der Waals surface area contributed by atoms with E-state index in [1.54, 1.807) is 30.7 Å². The second-order valence-corrected chi connectivity index (χ2v) is 12.3. The molecule has 0 N–H and O–H groups in total. The Balaban J connectivity index is 1.70. The number of amides is 1. The fourth-order valence-electron chi connectivity index (χ4n) is 3.71. The predicted octanol–water partition coefficient (Wildman–Crippen LogP) is 6.73. The first-order valence-corrected chi connectivity index (χ1v) is 15.5. The zero-order chi connectivity index (χ0) is 26.7. The highest BCUT2D eigenvalue weighted by Gasteiger charge is 2.34. The summed E-state index contributed by atoms with van der Waals surface area (Å²) in [6.07, 6.45) is 11.7. The molecular weight excluding hydrogens is 529 g/mol. The summed E-state index contributed by atoms with van der Waals surface area (Å²) in [5.74, 6) is 0.895. The molecule has 7 nitrogen and oxygen atoms in total. The lowest BCUT2D eigenvalue weighted by Gasteiger charge is -2.12. The summed E-state index contributed by atoms with van der Waals surface area (Å²) in [6, 6.07) is 8.61. The highest BCUT2D eigenvalue weighted by Crippen LogP contribution is 2.36. The maximum atomic E-state index is 13.0. The number of hydrogen-bond acceptors (Lipinski definition) is 7. The monoisotopic (exact) mass is 562 g/mol. The van der Waals surface area contributed by atoms with Gasteiger partial charge in [0.1, 0.15) is 4.21 Å². The van der Waals surface area contributed by atoms with Gasteiger partial charge in [-0.3, -0.25) is 9.69 Å². The van der Waals surface area contributed by atoms with E-state index in [0.717, 1.165) is 41.5 Å². The lowest BCUT2D eigenvalue weighted by atomic mass is 10.1. The molecule has 1 saturated heterocycles. The quantitative estimate of drug-likeness (QED) is 0.136. The second kappa shape index (κ2) is 14.4. The third kappa shape index (κ3) is 8.21. The second-order valence-electron chi connectivity index (χ2n) is 8.48. The summed E-state index contributed by atoms with van der Waals surface area (Å²) in [6.45, 7) is 6.67. The number of methoxy groups -OCH3 is 1. The number of benzene rings is 1. The van der Waals surface area contributed by atoms with Gasteiger partial charge in [-0.2, -0.15) is 8.42 Å². The number of thiophene rings is 1. The third-order valence-electron chi connectivity index (χ3n) is 5.64. The number of sulfonamides is 1. The van der Waals surface area contributed by atoms with Crippen LogP contribution in [0.25, 0.3) is 6.08 Å². The van der Waals surface area contributed by atoms with E-state index >= 15 is 0 Å². The lowest BCUT2D eigenvalue weighted by Crippen LogP contribution is -2.29.